The summed E-state index contributed by atoms with van der Waals surface area (Å²) in [4.78, 5) is 0. The summed E-state index contributed by atoms with van der Waals surface area (Å²) in [6.45, 7) is 0. The van der Waals surface area contributed by atoms with Gasteiger partial charge in [0.1, 0.15) is 5.76 Å². The molecule has 4 nitrogen and oxygen atoms in total. The van der Waals surface area contributed by atoms with Gasteiger partial charge in [-0.05, 0) is 35.4 Å². The molecule has 0 aliphatic carbocycles. The van der Waals surface area contributed by atoms with Crippen LogP contribution in [0.3, 0.4) is 0 Å². The van der Waals surface area contributed by atoms with Gasteiger partial charge >= 0.3 is 0 Å². The van der Waals surface area contributed by atoms with Crippen LogP contribution in [0.15, 0.2) is 65.3 Å². The van der Waals surface area contributed by atoms with Gasteiger partial charge in [-0.3, -0.25) is 0 Å². The van der Waals surface area contributed by atoms with E-state index in [2.05, 4.69) is 17.3 Å². The summed E-state index contributed by atoms with van der Waals surface area (Å²) in [6, 6.07) is 20.8. The van der Waals surface area contributed by atoms with Crippen molar-refractivity contribution in [2.45, 2.75) is 5.92 Å². The van der Waals surface area contributed by atoms with Gasteiger partial charge in [0, 0.05) is 6.07 Å². The molecule has 0 atom stereocenters. The number of hydrogen-bond acceptors (Lipinski definition) is 4. The van der Waals surface area contributed by atoms with Crippen molar-refractivity contribution in [3.05, 3.63) is 88.8 Å². The Labute approximate surface area is 127 Å². The molecule has 0 bridgehead atoms. The number of nitrogens with zero attached hydrogens (tertiary/aromatic N) is 3. The van der Waals surface area contributed by atoms with E-state index in [-0.39, 0.29) is 5.92 Å². The van der Waals surface area contributed by atoms with Crippen LogP contribution in [0.25, 0.3) is 0 Å². The Kier molecular flexibility index (Phi) is 3.68. The molecule has 0 unspecified atom stereocenters. The van der Waals surface area contributed by atoms with Crippen LogP contribution in [0.4, 0.5) is 0 Å². The minimum atomic E-state index is -0.122. The van der Waals surface area contributed by atoms with E-state index in [0.717, 1.165) is 16.9 Å². The molecule has 0 N–H and O–H groups in total. The van der Waals surface area contributed by atoms with Gasteiger partial charge in [-0.25, -0.2) is 0 Å². The third kappa shape index (κ3) is 2.59. The largest absolute Gasteiger partial charge is 0.360 e. The summed E-state index contributed by atoms with van der Waals surface area (Å²) in [6.07, 6.45) is 1.61. The van der Waals surface area contributed by atoms with Gasteiger partial charge in [0.25, 0.3) is 0 Å². The number of aromatic nitrogens is 1. The zero-order valence-corrected chi connectivity index (χ0v) is 11.6. The van der Waals surface area contributed by atoms with E-state index in [1.165, 1.54) is 0 Å². The number of hydrogen-bond donors (Lipinski definition) is 0. The molecule has 0 aliphatic heterocycles. The Balaban J connectivity index is 2.07. The molecule has 3 aromatic rings. The second kappa shape index (κ2) is 5.95. The summed E-state index contributed by atoms with van der Waals surface area (Å²) in [5.41, 5.74) is 3.22. The summed E-state index contributed by atoms with van der Waals surface area (Å²) >= 11 is 0. The van der Waals surface area contributed by atoms with Crippen LogP contribution in [0, 0.1) is 22.7 Å². The lowest BCUT2D eigenvalue weighted by Gasteiger charge is -2.15. The molecular formula is C18H11N3O. The summed E-state index contributed by atoms with van der Waals surface area (Å²) in [5.74, 6) is 0.595. The number of benzene rings is 2. The predicted octanol–water partition coefficient (Wildman–Crippen LogP) is 3.60. The smallest absolute Gasteiger partial charge is 0.148 e. The van der Waals surface area contributed by atoms with Gasteiger partial charge in [-0.2, -0.15) is 10.5 Å². The Bertz CT molecular complexity index is 778. The first kappa shape index (κ1) is 13.6. The topological polar surface area (TPSA) is 73.6 Å². The monoisotopic (exact) mass is 285 g/mol. The van der Waals surface area contributed by atoms with Crippen LogP contribution in [0.2, 0.25) is 0 Å². The molecule has 2 aromatic carbocycles. The second-order valence-electron chi connectivity index (χ2n) is 4.82. The van der Waals surface area contributed by atoms with Crippen LogP contribution in [-0.2, 0) is 0 Å². The first-order valence-electron chi connectivity index (χ1n) is 6.72. The number of rotatable bonds is 3. The number of nitriles is 2. The minimum absolute atomic E-state index is 0.122. The molecule has 0 spiro atoms. The van der Waals surface area contributed by atoms with Crippen molar-refractivity contribution in [2.24, 2.45) is 0 Å². The third-order valence-electron chi connectivity index (χ3n) is 3.49. The quantitative estimate of drug-likeness (QED) is 0.737. The Morgan fingerprint density at radius 3 is 1.64 bits per heavy atom. The lowest BCUT2D eigenvalue weighted by Crippen LogP contribution is -2.02. The van der Waals surface area contributed by atoms with Gasteiger partial charge in [-0.15, -0.1) is 0 Å². The minimum Gasteiger partial charge on any atom is -0.360 e. The van der Waals surface area contributed by atoms with E-state index >= 15 is 0 Å². The lowest BCUT2D eigenvalue weighted by molar-refractivity contribution is 0.380. The highest BCUT2D eigenvalue weighted by Crippen LogP contribution is 2.31. The Morgan fingerprint density at radius 1 is 0.773 bits per heavy atom. The molecule has 0 saturated heterocycles. The van der Waals surface area contributed by atoms with Crippen LogP contribution in [-0.4, -0.2) is 5.16 Å². The molecule has 1 aromatic heterocycles. The van der Waals surface area contributed by atoms with Crippen molar-refractivity contribution in [1.29, 1.82) is 10.5 Å². The van der Waals surface area contributed by atoms with Crippen molar-refractivity contribution in [2.75, 3.05) is 0 Å². The highest BCUT2D eigenvalue weighted by Gasteiger charge is 2.20. The molecule has 3 rings (SSSR count). The van der Waals surface area contributed by atoms with E-state index in [4.69, 9.17) is 15.0 Å². The summed E-state index contributed by atoms with van der Waals surface area (Å²) < 4.78 is 5.34. The standard InChI is InChI=1S/C18H11N3O/c19-11-13-1-5-15(6-2-13)18(17-9-10-21-22-17)16-7-3-14(12-20)4-8-16/h1-10,18H. The fourth-order valence-corrected chi connectivity index (χ4v) is 2.40. The van der Waals surface area contributed by atoms with E-state index in [0.29, 0.717) is 11.1 Å². The summed E-state index contributed by atoms with van der Waals surface area (Å²) in [5, 5.41) is 21.6. The lowest BCUT2D eigenvalue weighted by atomic mass is 9.88. The van der Waals surface area contributed by atoms with Gasteiger partial charge in [0.15, 0.2) is 0 Å². The van der Waals surface area contributed by atoms with Crippen molar-refractivity contribution in [1.82, 2.24) is 5.16 Å². The fraction of sp³-hybridized carbons (Fsp3) is 0.0556. The predicted molar refractivity (Wildman–Crippen MR) is 79.8 cm³/mol. The average molecular weight is 285 g/mol. The zero-order chi connectivity index (χ0) is 15.4. The van der Waals surface area contributed by atoms with Crippen molar-refractivity contribution in [3.8, 4) is 12.1 Å². The molecule has 0 saturated carbocycles. The molecule has 0 radical (unpaired) electrons. The van der Waals surface area contributed by atoms with E-state index < -0.39 is 0 Å². The van der Waals surface area contributed by atoms with Crippen LogP contribution >= 0.6 is 0 Å². The maximum Gasteiger partial charge on any atom is 0.148 e. The maximum atomic E-state index is 8.92. The molecule has 0 amide bonds. The molecule has 0 fully saturated rings. The van der Waals surface area contributed by atoms with Gasteiger partial charge in [0.05, 0.1) is 35.4 Å². The van der Waals surface area contributed by atoms with Crippen molar-refractivity contribution in [3.63, 3.8) is 0 Å². The Hall–Kier alpha value is -3.37. The second-order valence-corrected chi connectivity index (χ2v) is 4.82. The SMILES string of the molecule is N#Cc1ccc(C(c2ccc(C#N)cc2)c2ccno2)cc1. The average Bonchev–Trinajstić information content (AvgIpc) is 3.10. The highest BCUT2D eigenvalue weighted by molar-refractivity contribution is 5.44. The van der Waals surface area contributed by atoms with E-state index in [1.807, 2.05) is 30.3 Å². The van der Waals surface area contributed by atoms with Crippen molar-refractivity contribution >= 4 is 0 Å². The zero-order valence-electron chi connectivity index (χ0n) is 11.6. The molecular weight excluding hydrogens is 274 g/mol. The normalized spacial score (nSPS) is 10.1. The van der Waals surface area contributed by atoms with Gasteiger partial charge in [-0.1, -0.05) is 29.4 Å². The van der Waals surface area contributed by atoms with Crippen LogP contribution in [0.1, 0.15) is 33.9 Å². The Morgan fingerprint density at radius 2 is 1.27 bits per heavy atom. The molecule has 22 heavy (non-hydrogen) atoms. The van der Waals surface area contributed by atoms with Gasteiger partial charge in [0.2, 0.25) is 0 Å². The molecule has 104 valence electrons. The van der Waals surface area contributed by atoms with Gasteiger partial charge < -0.3 is 4.52 Å². The van der Waals surface area contributed by atoms with Crippen LogP contribution < -0.4 is 0 Å². The maximum absolute atomic E-state index is 8.92. The highest BCUT2D eigenvalue weighted by atomic mass is 16.5. The summed E-state index contributed by atoms with van der Waals surface area (Å²) in [7, 11) is 0. The fourth-order valence-electron chi connectivity index (χ4n) is 2.40. The van der Waals surface area contributed by atoms with E-state index in [1.54, 1.807) is 30.5 Å². The third-order valence-corrected chi connectivity index (χ3v) is 3.49. The van der Waals surface area contributed by atoms with Crippen molar-refractivity contribution < 1.29 is 4.52 Å². The van der Waals surface area contributed by atoms with E-state index in [9.17, 15) is 0 Å². The molecule has 1 heterocycles. The molecule has 0 aliphatic rings. The first-order chi connectivity index (χ1) is 10.8. The first-order valence-corrected chi connectivity index (χ1v) is 6.72. The molecule has 4 heteroatoms. The van der Waals surface area contributed by atoms with Crippen LogP contribution in [0.5, 0.6) is 0 Å².